The van der Waals surface area contributed by atoms with Crippen molar-refractivity contribution in [2.24, 2.45) is 0 Å². The van der Waals surface area contributed by atoms with Gasteiger partial charge in [-0.3, -0.25) is 4.79 Å². The Hall–Kier alpha value is -2.83. The summed E-state index contributed by atoms with van der Waals surface area (Å²) in [6.45, 7) is 5.41. The van der Waals surface area contributed by atoms with Gasteiger partial charge in [0.25, 0.3) is 0 Å². The minimum Gasteiger partial charge on any atom is -0.492 e. The molecule has 0 radical (unpaired) electrons. The number of carbonyl (C=O) groups excluding carboxylic acids is 1. The number of carbonyl (C=O) groups is 1. The number of aromatic nitrogens is 2. The maximum absolute atomic E-state index is 10.8. The van der Waals surface area contributed by atoms with Crippen molar-refractivity contribution < 1.29 is 9.53 Å². The fourth-order valence-electron chi connectivity index (χ4n) is 2.59. The highest BCUT2D eigenvalue weighted by atomic mass is 16.5. The standard InChI is InChI=1S/C17H21N5O2/c1-2-24-15-6-4-3-5-14(15)19-16-7-8-18-17(20-16)22-11-9-21(13-23)10-12-22/h3-8,13H,2,9-12H2,1H3,(H,18,19,20). The predicted molar refractivity (Wildman–Crippen MR) is 92.8 cm³/mol. The van der Waals surface area contributed by atoms with Crippen molar-refractivity contribution in [3.63, 3.8) is 0 Å². The van der Waals surface area contributed by atoms with Crippen molar-refractivity contribution in [2.45, 2.75) is 6.92 Å². The van der Waals surface area contributed by atoms with Gasteiger partial charge in [-0.25, -0.2) is 4.98 Å². The van der Waals surface area contributed by atoms with Crippen LogP contribution in [0.1, 0.15) is 6.92 Å². The molecule has 1 amide bonds. The molecule has 2 aromatic rings. The van der Waals surface area contributed by atoms with Crippen molar-refractivity contribution in [3.8, 4) is 5.75 Å². The van der Waals surface area contributed by atoms with Crippen LogP contribution >= 0.6 is 0 Å². The molecule has 1 N–H and O–H groups in total. The van der Waals surface area contributed by atoms with Crippen LogP contribution in [0.25, 0.3) is 0 Å². The molecule has 2 heterocycles. The largest absolute Gasteiger partial charge is 0.492 e. The minimum atomic E-state index is 0.606. The normalized spacial score (nSPS) is 14.4. The van der Waals surface area contributed by atoms with Gasteiger partial charge in [-0.2, -0.15) is 4.98 Å². The summed E-state index contributed by atoms with van der Waals surface area (Å²) in [5, 5.41) is 3.29. The summed E-state index contributed by atoms with van der Waals surface area (Å²) in [5.41, 5.74) is 0.870. The molecule has 0 spiro atoms. The number of hydrogen-bond acceptors (Lipinski definition) is 6. The Bertz CT molecular complexity index is 686. The zero-order valence-corrected chi connectivity index (χ0v) is 13.7. The van der Waals surface area contributed by atoms with E-state index in [0.717, 1.165) is 30.9 Å². The second kappa shape index (κ2) is 7.63. The van der Waals surface area contributed by atoms with Crippen LogP contribution in [0.3, 0.4) is 0 Å². The summed E-state index contributed by atoms with van der Waals surface area (Å²) in [7, 11) is 0. The summed E-state index contributed by atoms with van der Waals surface area (Å²) >= 11 is 0. The first-order valence-electron chi connectivity index (χ1n) is 8.06. The number of para-hydroxylation sites is 2. The van der Waals surface area contributed by atoms with Crippen LogP contribution in [-0.2, 0) is 4.79 Å². The molecular weight excluding hydrogens is 306 g/mol. The van der Waals surface area contributed by atoms with E-state index in [1.807, 2.05) is 37.3 Å². The molecule has 0 unspecified atom stereocenters. The Balaban J connectivity index is 1.73. The molecule has 1 aliphatic rings. The van der Waals surface area contributed by atoms with Gasteiger partial charge in [0.05, 0.1) is 12.3 Å². The Morgan fingerprint density at radius 2 is 2.00 bits per heavy atom. The number of nitrogens with one attached hydrogen (secondary N) is 1. The van der Waals surface area contributed by atoms with Crippen LogP contribution in [0.15, 0.2) is 36.5 Å². The lowest BCUT2D eigenvalue weighted by Crippen LogP contribution is -2.46. The third kappa shape index (κ3) is 3.73. The lowest BCUT2D eigenvalue weighted by Gasteiger charge is -2.32. The quantitative estimate of drug-likeness (QED) is 0.817. The highest BCUT2D eigenvalue weighted by Crippen LogP contribution is 2.27. The van der Waals surface area contributed by atoms with E-state index in [1.165, 1.54) is 0 Å². The van der Waals surface area contributed by atoms with Gasteiger partial charge in [0.1, 0.15) is 11.6 Å². The van der Waals surface area contributed by atoms with E-state index in [9.17, 15) is 4.79 Å². The summed E-state index contributed by atoms with van der Waals surface area (Å²) in [6.07, 6.45) is 2.63. The van der Waals surface area contributed by atoms with E-state index >= 15 is 0 Å². The zero-order chi connectivity index (χ0) is 16.8. The van der Waals surface area contributed by atoms with Crippen LogP contribution in [0.5, 0.6) is 5.75 Å². The van der Waals surface area contributed by atoms with Crippen LogP contribution in [0, 0.1) is 0 Å². The molecule has 0 aliphatic carbocycles. The van der Waals surface area contributed by atoms with Crippen molar-refractivity contribution >= 4 is 23.9 Å². The molecule has 1 fully saturated rings. The lowest BCUT2D eigenvalue weighted by atomic mass is 10.3. The molecule has 126 valence electrons. The van der Waals surface area contributed by atoms with Gasteiger partial charge in [-0.1, -0.05) is 12.1 Å². The molecule has 0 atom stereocenters. The van der Waals surface area contributed by atoms with Crippen molar-refractivity contribution in [3.05, 3.63) is 36.5 Å². The number of amides is 1. The summed E-state index contributed by atoms with van der Waals surface area (Å²) in [4.78, 5) is 23.6. The molecule has 0 bridgehead atoms. The highest BCUT2D eigenvalue weighted by molar-refractivity contribution is 5.64. The van der Waals surface area contributed by atoms with Gasteiger partial charge in [0, 0.05) is 32.4 Å². The average Bonchev–Trinajstić information content (AvgIpc) is 2.64. The van der Waals surface area contributed by atoms with Gasteiger partial charge in [-0.15, -0.1) is 0 Å². The van der Waals surface area contributed by atoms with Crippen LogP contribution in [-0.4, -0.2) is 54.1 Å². The topological polar surface area (TPSA) is 70.6 Å². The fourth-order valence-corrected chi connectivity index (χ4v) is 2.59. The monoisotopic (exact) mass is 327 g/mol. The summed E-state index contributed by atoms with van der Waals surface area (Å²) < 4.78 is 5.63. The first-order valence-corrected chi connectivity index (χ1v) is 8.06. The number of ether oxygens (including phenoxy) is 1. The third-order valence-electron chi connectivity index (χ3n) is 3.84. The third-order valence-corrected chi connectivity index (χ3v) is 3.84. The molecule has 24 heavy (non-hydrogen) atoms. The Kier molecular flexibility index (Phi) is 5.10. The van der Waals surface area contributed by atoms with Gasteiger partial charge in [0.2, 0.25) is 12.4 Å². The van der Waals surface area contributed by atoms with Gasteiger partial charge >= 0.3 is 0 Å². The Morgan fingerprint density at radius 3 is 2.75 bits per heavy atom. The van der Waals surface area contributed by atoms with E-state index in [1.54, 1.807) is 11.1 Å². The molecule has 1 aromatic heterocycles. The second-order valence-electron chi connectivity index (χ2n) is 5.42. The SMILES string of the molecule is CCOc1ccccc1Nc1ccnc(N2CCN(C=O)CC2)n1. The maximum Gasteiger partial charge on any atom is 0.227 e. The van der Waals surface area contributed by atoms with E-state index in [-0.39, 0.29) is 0 Å². The van der Waals surface area contributed by atoms with Crippen LogP contribution < -0.4 is 15.0 Å². The lowest BCUT2D eigenvalue weighted by molar-refractivity contribution is -0.118. The maximum atomic E-state index is 10.8. The first-order chi connectivity index (χ1) is 11.8. The Morgan fingerprint density at radius 1 is 1.21 bits per heavy atom. The van der Waals surface area contributed by atoms with E-state index < -0.39 is 0 Å². The number of benzene rings is 1. The molecule has 7 nitrogen and oxygen atoms in total. The number of anilines is 3. The number of piperazine rings is 1. The van der Waals surface area contributed by atoms with Crippen molar-refractivity contribution in [1.82, 2.24) is 14.9 Å². The smallest absolute Gasteiger partial charge is 0.227 e. The minimum absolute atomic E-state index is 0.606. The van der Waals surface area contributed by atoms with Crippen LogP contribution in [0.4, 0.5) is 17.5 Å². The fraction of sp³-hybridized carbons (Fsp3) is 0.353. The number of rotatable bonds is 6. The molecule has 3 rings (SSSR count). The van der Waals surface area contributed by atoms with Crippen molar-refractivity contribution in [1.29, 1.82) is 0 Å². The zero-order valence-electron chi connectivity index (χ0n) is 13.7. The molecule has 7 heteroatoms. The predicted octanol–water partition coefficient (Wildman–Crippen LogP) is 1.90. The second-order valence-corrected chi connectivity index (χ2v) is 5.42. The highest BCUT2D eigenvalue weighted by Gasteiger charge is 2.18. The van der Waals surface area contributed by atoms with Gasteiger partial charge in [-0.05, 0) is 25.1 Å². The van der Waals surface area contributed by atoms with E-state index in [4.69, 9.17) is 4.74 Å². The Labute approximate surface area is 141 Å². The van der Waals surface area contributed by atoms with E-state index in [0.29, 0.717) is 31.5 Å². The molecule has 0 saturated carbocycles. The van der Waals surface area contributed by atoms with Crippen LogP contribution in [0.2, 0.25) is 0 Å². The van der Waals surface area contributed by atoms with Crippen molar-refractivity contribution in [2.75, 3.05) is 43.0 Å². The van der Waals surface area contributed by atoms with Gasteiger partial charge < -0.3 is 19.9 Å². The molecule has 1 saturated heterocycles. The summed E-state index contributed by atoms with van der Waals surface area (Å²) in [5.74, 6) is 2.17. The molecule has 1 aromatic carbocycles. The van der Waals surface area contributed by atoms with E-state index in [2.05, 4.69) is 20.2 Å². The first kappa shape index (κ1) is 16.0. The number of nitrogens with zero attached hydrogens (tertiary/aromatic N) is 4. The summed E-state index contributed by atoms with van der Waals surface area (Å²) in [6, 6.07) is 9.59. The molecular formula is C17H21N5O2. The average molecular weight is 327 g/mol. The molecule has 1 aliphatic heterocycles. The van der Waals surface area contributed by atoms with Gasteiger partial charge in [0.15, 0.2) is 0 Å². The number of hydrogen-bond donors (Lipinski definition) is 1.